The van der Waals surface area contributed by atoms with Crippen molar-refractivity contribution >= 4 is 11.7 Å². The number of carbonyl (C=O) groups excluding carboxylic acids is 2. The molecule has 0 aromatic carbocycles. The molecule has 2 aromatic heterocycles. The quantitative estimate of drug-likeness (QED) is 0.722. The number of rotatable bonds is 7. The van der Waals surface area contributed by atoms with Gasteiger partial charge in [0.15, 0.2) is 11.6 Å². The van der Waals surface area contributed by atoms with E-state index in [9.17, 15) is 9.59 Å². The third kappa shape index (κ3) is 4.63. The van der Waals surface area contributed by atoms with E-state index in [1.807, 2.05) is 6.08 Å². The fraction of sp³-hybridized carbons (Fsp3) is 0.478. The SMILES string of the molecule is C=CCCc1nn(-c2ccc(C(=O)NCC(C)C)cn2)c2c1C(=O)CC(C)(C)C2. The Morgan fingerprint density at radius 2 is 2.10 bits per heavy atom. The van der Waals surface area contributed by atoms with Gasteiger partial charge in [-0.2, -0.15) is 5.10 Å². The second kappa shape index (κ2) is 8.31. The van der Waals surface area contributed by atoms with E-state index in [1.165, 1.54) is 0 Å². The van der Waals surface area contributed by atoms with Crippen molar-refractivity contribution in [2.45, 2.75) is 53.4 Å². The minimum atomic E-state index is -0.136. The van der Waals surface area contributed by atoms with E-state index < -0.39 is 0 Å². The van der Waals surface area contributed by atoms with Crippen LogP contribution in [0.2, 0.25) is 0 Å². The molecule has 0 unspecified atom stereocenters. The van der Waals surface area contributed by atoms with E-state index in [4.69, 9.17) is 5.10 Å². The molecule has 0 saturated heterocycles. The Hall–Kier alpha value is -2.76. The van der Waals surface area contributed by atoms with Gasteiger partial charge in [0.05, 0.1) is 22.5 Å². The highest BCUT2D eigenvalue weighted by atomic mass is 16.1. The van der Waals surface area contributed by atoms with Gasteiger partial charge in [-0.15, -0.1) is 6.58 Å². The number of hydrogen-bond acceptors (Lipinski definition) is 4. The van der Waals surface area contributed by atoms with Crippen LogP contribution >= 0.6 is 0 Å². The minimum Gasteiger partial charge on any atom is -0.352 e. The molecule has 1 amide bonds. The van der Waals surface area contributed by atoms with Gasteiger partial charge in [-0.1, -0.05) is 33.8 Å². The van der Waals surface area contributed by atoms with Crippen molar-refractivity contribution < 1.29 is 9.59 Å². The Morgan fingerprint density at radius 1 is 1.34 bits per heavy atom. The zero-order chi connectivity index (χ0) is 21.2. The number of Topliss-reactive ketones (excluding diaryl/α,β-unsaturated/α-hetero) is 1. The molecule has 6 nitrogen and oxygen atoms in total. The normalized spacial score (nSPS) is 15.3. The van der Waals surface area contributed by atoms with Crippen molar-refractivity contribution in [3.05, 3.63) is 53.5 Å². The van der Waals surface area contributed by atoms with Crippen LogP contribution in [0.5, 0.6) is 0 Å². The number of pyridine rings is 1. The van der Waals surface area contributed by atoms with Crippen molar-refractivity contribution in [1.29, 1.82) is 0 Å². The van der Waals surface area contributed by atoms with E-state index in [0.29, 0.717) is 36.7 Å². The Kier molecular flexibility index (Phi) is 6.01. The first-order chi connectivity index (χ1) is 13.7. The number of fused-ring (bicyclic) bond motifs is 1. The summed E-state index contributed by atoms with van der Waals surface area (Å²) >= 11 is 0. The summed E-state index contributed by atoms with van der Waals surface area (Å²) in [5.41, 5.74) is 2.86. The average molecular weight is 395 g/mol. The van der Waals surface area contributed by atoms with Crippen LogP contribution in [0.3, 0.4) is 0 Å². The lowest BCUT2D eigenvalue weighted by Crippen LogP contribution is -2.28. The summed E-state index contributed by atoms with van der Waals surface area (Å²) in [5, 5.41) is 7.63. The van der Waals surface area contributed by atoms with Gasteiger partial charge in [0.1, 0.15) is 0 Å². The molecule has 6 heteroatoms. The molecule has 154 valence electrons. The van der Waals surface area contributed by atoms with Gasteiger partial charge in [0.2, 0.25) is 0 Å². The largest absolute Gasteiger partial charge is 0.352 e. The summed E-state index contributed by atoms with van der Waals surface area (Å²) in [6.45, 7) is 12.7. The van der Waals surface area contributed by atoms with Gasteiger partial charge < -0.3 is 5.32 Å². The topological polar surface area (TPSA) is 76.9 Å². The molecular formula is C23H30N4O2. The standard InChI is InChI=1S/C23H30N4O2/c1-6-7-8-17-21-18(11-23(4,5)12-19(21)28)27(26-17)20-10-9-16(14-24-20)22(29)25-13-15(2)3/h6,9-10,14-15H,1,7-8,11-13H2,2-5H3,(H,25,29). The molecular weight excluding hydrogens is 364 g/mol. The van der Waals surface area contributed by atoms with Gasteiger partial charge in [-0.25, -0.2) is 9.67 Å². The first kappa shape index (κ1) is 21.0. The molecule has 0 aliphatic heterocycles. The lowest BCUT2D eigenvalue weighted by Gasteiger charge is -2.29. The minimum absolute atomic E-state index is 0.117. The predicted molar refractivity (Wildman–Crippen MR) is 113 cm³/mol. The fourth-order valence-corrected chi connectivity index (χ4v) is 3.68. The molecule has 3 rings (SSSR count). The van der Waals surface area contributed by atoms with Crippen LogP contribution in [0.1, 0.15) is 72.6 Å². The molecule has 1 aliphatic carbocycles. The highest BCUT2D eigenvalue weighted by Crippen LogP contribution is 2.37. The summed E-state index contributed by atoms with van der Waals surface area (Å²) in [5.74, 6) is 1.02. The first-order valence-corrected chi connectivity index (χ1v) is 10.2. The number of allylic oxidation sites excluding steroid dienone is 1. The Bertz CT molecular complexity index is 923. The maximum Gasteiger partial charge on any atom is 0.252 e. The summed E-state index contributed by atoms with van der Waals surface area (Å²) < 4.78 is 1.78. The third-order valence-corrected chi connectivity index (χ3v) is 5.10. The van der Waals surface area contributed by atoms with Crippen LogP contribution in [0.15, 0.2) is 31.0 Å². The maximum atomic E-state index is 12.8. The van der Waals surface area contributed by atoms with Gasteiger partial charge >= 0.3 is 0 Å². The lowest BCUT2D eigenvalue weighted by atomic mass is 9.75. The van der Waals surface area contributed by atoms with Crippen LogP contribution < -0.4 is 5.32 Å². The molecule has 2 heterocycles. The zero-order valence-electron chi connectivity index (χ0n) is 17.8. The molecule has 2 aromatic rings. The van der Waals surface area contributed by atoms with E-state index >= 15 is 0 Å². The van der Waals surface area contributed by atoms with Crippen LogP contribution in [0.4, 0.5) is 0 Å². The van der Waals surface area contributed by atoms with Crippen LogP contribution in [-0.4, -0.2) is 33.0 Å². The first-order valence-electron chi connectivity index (χ1n) is 10.2. The smallest absolute Gasteiger partial charge is 0.252 e. The molecule has 0 spiro atoms. The van der Waals surface area contributed by atoms with Gasteiger partial charge in [-0.3, -0.25) is 9.59 Å². The highest BCUT2D eigenvalue weighted by Gasteiger charge is 2.36. The Balaban J connectivity index is 1.95. The average Bonchev–Trinajstić information content (AvgIpc) is 3.01. The van der Waals surface area contributed by atoms with Crippen molar-refractivity contribution in [3.8, 4) is 5.82 Å². The molecule has 0 bridgehead atoms. The van der Waals surface area contributed by atoms with E-state index in [2.05, 4.69) is 44.6 Å². The van der Waals surface area contributed by atoms with Crippen LogP contribution in [-0.2, 0) is 12.8 Å². The van der Waals surface area contributed by atoms with Crippen molar-refractivity contribution in [2.24, 2.45) is 11.3 Å². The van der Waals surface area contributed by atoms with Gasteiger partial charge in [-0.05, 0) is 42.7 Å². The molecule has 1 N–H and O–H groups in total. The number of aromatic nitrogens is 3. The van der Waals surface area contributed by atoms with Crippen LogP contribution in [0.25, 0.3) is 5.82 Å². The Labute approximate surface area is 172 Å². The molecule has 0 fully saturated rings. The fourth-order valence-electron chi connectivity index (χ4n) is 3.68. The van der Waals surface area contributed by atoms with Crippen molar-refractivity contribution in [1.82, 2.24) is 20.1 Å². The van der Waals surface area contributed by atoms with Crippen LogP contribution in [0, 0.1) is 11.3 Å². The predicted octanol–water partition coefficient (Wildman–Crippen LogP) is 3.93. The number of nitrogens with zero attached hydrogens (tertiary/aromatic N) is 3. The summed E-state index contributed by atoms with van der Waals surface area (Å²) in [4.78, 5) is 29.6. The number of ketones is 1. The molecule has 0 saturated carbocycles. The molecule has 0 atom stereocenters. The summed E-state index contributed by atoms with van der Waals surface area (Å²) in [6.07, 6.45) is 6.13. The van der Waals surface area contributed by atoms with Gasteiger partial charge in [0, 0.05) is 19.2 Å². The number of carbonyl (C=O) groups is 2. The lowest BCUT2D eigenvalue weighted by molar-refractivity contribution is 0.0908. The second-order valence-electron chi connectivity index (χ2n) is 8.96. The molecule has 29 heavy (non-hydrogen) atoms. The highest BCUT2D eigenvalue weighted by molar-refractivity contribution is 6.00. The third-order valence-electron chi connectivity index (χ3n) is 5.10. The zero-order valence-corrected chi connectivity index (χ0v) is 17.8. The number of nitrogens with one attached hydrogen (secondary N) is 1. The summed E-state index contributed by atoms with van der Waals surface area (Å²) in [7, 11) is 0. The Morgan fingerprint density at radius 3 is 2.72 bits per heavy atom. The van der Waals surface area contributed by atoms with E-state index in [1.54, 1.807) is 23.0 Å². The number of hydrogen-bond donors (Lipinski definition) is 1. The van der Waals surface area contributed by atoms with E-state index in [-0.39, 0.29) is 17.1 Å². The maximum absolute atomic E-state index is 12.8. The monoisotopic (exact) mass is 394 g/mol. The number of aryl methyl sites for hydroxylation is 1. The number of amides is 1. The van der Waals surface area contributed by atoms with Crippen molar-refractivity contribution in [2.75, 3.05) is 6.54 Å². The molecule has 0 radical (unpaired) electrons. The second-order valence-corrected chi connectivity index (χ2v) is 8.96. The summed E-state index contributed by atoms with van der Waals surface area (Å²) in [6, 6.07) is 3.55. The molecule has 1 aliphatic rings. The van der Waals surface area contributed by atoms with E-state index in [0.717, 1.165) is 29.8 Å². The van der Waals surface area contributed by atoms with Crippen molar-refractivity contribution in [3.63, 3.8) is 0 Å². The van der Waals surface area contributed by atoms with Gasteiger partial charge in [0.25, 0.3) is 5.91 Å².